The maximum Gasteiger partial charge on any atom is 0.337 e. The number of carbonyl (C=O) groups excluding carboxylic acids is 1. The highest BCUT2D eigenvalue weighted by atomic mass is 19.1. The van der Waals surface area contributed by atoms with E-state index in [1.54, 1.807) is 0 Å². The van der Waals surface area contributed by atoms with Gasteiger partial charge in [0, 0.05) is 5.69 Å². The molecule has 1 rings (SSSR count). The molecule has 0 radical (unpaired) electrons. The maximum atomic E-state index is 13.4. The Labute approximate surface area is 96.4 Å². The number of benzene rings is 1. The van der Waals surface area contributed by atoms with E-state index in [4.69, 9.17) is 16.6 Å². The number of anilines is 2. The average Bonchev–Trinajstić information content (AvgIpc) is 2.21. The van der Waals surface area contributed by atoms with Crippen LogP contribution in [0, 0.1) is 5.82 Å². The van der Waals surface area contributed by atoms with E-state index in [1.807, 2.05) is 0 Å². The standard InChI is InChI=1S/C10H12FN3O3/c1-4(9(13)15)14-8-2-5(10(16)17)7(12)3-6(8)11/h2-4,14H,12H2,1H3,(H2,13,15)(H,16,17). The molecule has 0 saturated carbocycles. The van der Waals surface area contributed by atoms with Crippen molar-refractivity contribution in [2.75, 3.05) is 11.1 Å². The summed E-state index contributed by atoms with van der Waals surface area (Å²) in [5.41, 5.74) is 9.77. The summed E-state index contributed by atoms with van der Waals surface area (Å²) in [6.45, 7) is 1.43. The third kappa shape index (κ3) is 2.83. The fourth-order valence-corrected chi connectivity index (χ4v) is 1.19. The number of nitrogen functional groups attached to an aromatic ring is 1. The number of carboxylic acid groups (broad SMARTS) is 1. The van der Waals surface area contributed by atoms with E-state index in [0.717, 1.165) is 12.1 Å². The molecule has 1 aromatic rings. The van der Waals surface area contributed by atoms with E-state index in [1.165, 1.54) is 6.92 Å². The Morgan fingerprint density at radius 3 is 2.53 bits per heavy atom. The van der Waals surface area contributed by atoms with E-state index in [9.17, 15) is 14.0 Å². The summed E-state index contributed by atoms with van der Waals surface area (Å²) in [6, 6.07) is 1.07. The van der Waals surface area contributed by atoms with E-state index in [2.05, 4.69) is 5.32 Å². The second-order valence-corrected chi connectivity index (χ2v) is 3.49. The average molecular weight is 241 g/mol. The molecule has 0 aliphatic heterocycles. The van der Waals surface area contributed by atoms with Gasteiger partial charge in [0.15, 0.2) is 0 Å². The molecule has 1 atom stereocenters. The van der Waals surface area contributed by atoms with Crippen LogP contribution in [0.4, 0.5) is 15.8 Å². The summed E-state index contributed by atoms with van der Waals surface area (Å²) in [4.78, 5) is 21.6. The first-order valence-electron chi connectivity index (χ1n) is 4.71. The monoisotopic (exact) mass is 241 g/mol. The van der Waals surface area contributed by atoms with Gasteiger partial charge in [-0.25, -0.2) is 9.18 Å². The van der Waals surface area contributed by atoms with Gasteiger partial charge in [-0.2, -0.15) is 0 Å². The van der Waals surface area contributed by atoms with Crippen LogP contribution in [0.1, 0.15) is 17.3 Å². The summed E-state index contributed by atoms with van der Waals surface area (Å²) in [5.74, 6) is -2.71. The molecule has 0 aliphatic carbocycles. The number of carbonyl (C=O) groups is 2. The van der Waals surface area contributed by atoms with Gasteiger partial charge < -0.3 is 21.9 Å². The third-order valence-electron chi connectivity index (χ3n) is 2.17. The highest BCUT2D eigenvalue weighted by Gasteiger charge is 2.16. The van der Waals surface area contributed by atoms with Gasteiger partial charge in [-0.1, -0.05) is 0 Å². The minimum atomic E-state index is -1.28. The fraction of sp³-hybridized carbons (Fsp3) is 0.200. The Morgan fingerprint density at radius 2 is 2.06 bits per heavy atom. The minimum Gasteiger partial charge on any atom is -0.478 e. The molecule has 6 N–H and O–H groups in total. The number of primary amides is 1. The van der Waals surface area contributed by atoms with Crippen molar-refractivity contribution in [2.45, 2.75) is 13.0 Å². The molecular formula is C10H12FN3O3. The second kappa shape index (κ2) is 4.69. The lowest BCUT2D eigenvalue weighted by molar-refractivity contribution is -0.118. The minimum absolute atomic E-state index is 0.136. The van der Waals surface area contributed by atoms with Crippen molar-refractivity contribution in [3.05, 3.63) is 23.5 Å². The summed E-state index contributed by atoms with van der Waals surface area (Å²) in [6.07, 6.45) is 0. The molecular weight excluding hydrogens is 229 g/mol. The van der Waals surface area contributed by atoms with Crippen LogP contribution in [0.5, 0.6) is 0 Å². The number of halogens is 1. The number of nitrogens with one attached hydrogen (secondary N) is 1. The molecule has 1 aromatic carbocycles. The number of aromatic carboxylic acids is 1. The van der Waals surface area contributed by atoms with E-state index in [-0.39, 0.29) is 16.9 Å². The summed E-state index contributed by atoms with van der Waals surface area (Å²) in [7, 11) is 0. The topological polar surface area (TPSA) is 118 Å². The van der Waals surface area contributed by atoms with Crippen LogP contribution in [-0.2, 0) is 4.79 Å². The van der Waals surface area contributed by atoms with Crippen molar-refractivity contribution >= 4 is 23.3 Å². The van der Waals surface area contributed by atoms with Crippen molar-refractivity contribution < 1.29 is 19.1 Å². The van der Waals surface area contributed by atoms with E-state index < -0.39 is 23.7 Å². The van der Waals surface area contributed by atoms with Gasteiger partial charge in [-0.15, -0.1) is 0 Å². The summed E-state index contributed by atoms with van der Waals surface area (Å²) < 4.78 is 13.4. The van der Waals surface area contributed by atoms with Gasteiger partial charge in [0.2, 0.25) is 5.91 Å². The van der Waals surface area contributed by atoms with Crippen molar-refractivity contribution in [3.63, 3.8) is 0 Å². The highest BCUT2D eigenvalue weighted by molar-refractivity contribution is 5.95. The molecule has 7 heteroatoms. The molecule has 0 aliphatic rings. The van der Waals surface area contributed by atoms with Crippen LogP contribution < -0.4 is 16.8 Å². The first-order chi connectivity index (χ1) is 7.82. The third-order valence-corrected chi connectivity index (χ3v) is 2.17. The SMILES string of the molecule is CC(Nc1cc(C(=O)O)c(N)cc1F)C(N)=O. The first kappa shape index (κ1) is 12.8. The Morgan fingerprint density at radius 1 is 1.47 bits per heavy atom. The lowest BCUT2D eigenvalue weighted by Gasteiger charge is -2.13. The van der Waals surface area contributed by atoms with Gasteiger partial charge >= 0.3 is 5.97 Å². The number of carboxylic acids is 1. The lowest BCUT2D eigenvalue weighted by atomic mass is 10.1. The fourth-order valence-electron chi connectivity index (χ4n) is 1.19. The zero-order chi connectivity index (χ0) is 13.2. The molecule has 0 heterocycles. The van der Waals surface area contributed by atoms with Crippen LogP contribution in [-0.4, -0.2) is 23.0 Å². The Kier molecular flexibility index (Phi) is 3.52. The van der Waals surface area contributed by atoms with E-state index >= 15 is 0 Å². The second-order valence-electron chi connectivity index (χ2n) is 3.49. The maximum absolute atomic E-state index is 13.4. The number of hydrogen-bond acceptors (Lipinski definition) is 4. The molecule has 0 aromatic heterocycles. The van der Waals surface area contributed by atoms with Crippen molar-refractivity contribution in [3.8, 4) is 0 Å². The number of hydrogen-bond donors (Lipinski definition) is 4. The van der Waals surface area contributed by atoms with Gasteiger partial charge in [-0.05, 0) is 19.1 Å². The predicted molar refractivity (Wildman–Crippen MR) is 60.1 cm³/mol. The van der Waals surface area contributed by atoms with Gasteiger partial charge in [-0.3, -0.25) is 4.79 Å². The molecule has 1 unspecified atom stereocenters. The van der Waals surface area contributed by atoms with E-state index in [0.29, 0.717) is 0 Å². The van der Waals surface area contributed by atoms with Crippen LogP contribution in [0.25, 0.3) is 0 Å². The largest absolute Gasteiger partial charge is 0.478 e. The number of rotatable bonds is 4. The highest BCUT2D eigenvalue weighted by Crippen LogP contribution is 2.22. The van der Waals surface area contributed by atoms with Gasteiger partial charge in [0.1, 0.15) is 11.9 Å². The quantitative estimate of drug-likeness (QED) is 0.569. The molecule has 0 bridgehead atoms. The molecule has 6 nitrogen and oxygen atoms in total. The van der Waals surface area contributed by atoms with Gasteiger partial charge in [0.05, 0.1) is 11.3 Å². The van der Waals surface area contributed by atoms with Gasteiger partial charge in [0.25, 0.3) is 0 Å². The van der Waals surface area contributed by atoms with Crippen LogP contribution in [0.2, 0.25) is 0 Å². The Hall–Kier alpha value is -2.31. The first-order valence-corrected chi connectivity index (χ1v) is 4.71. The van der Waals surface area contributed by atoms with Crippen LogP contribution >= 0.6 is 0 Å². The number of amides is 1. The molecule has 0 fully saturated rings. The Bertz CT molecular complexity index is 476. The zero-order valence-electron chi connectivity index (χ0n) is 9.03. The summed E-state index contributed by atoms with van der Waals surface area (Å²) >= 11 is 0. The normalized spacial score (nSPS) is 11.9. The number of nitrogens with two attached hydrogens (primary N) is 2. The lowest BCUT2D eigenvalue weighted by Crippen LogP contribution is -2.32. The predicted octanol–water partition coefficient (Wildman–Crippen LogP) is 0.392. The smallest absolute Gasteiger partial charge is 0.337 e. The molecule has 92 valence electrons. The Balaban J connectivity index is 3.12. The molecule has 0 saturated heterocycles. The van der Waals surface area contributed by atoms with Crippen LogP contribution in [0.15, 0.2) is 12.1 Å². The molecule has 1 amide bonds. The van der Waals surface area contributed by atoms with Crippen molar-refractivity contribution in [2.24, 2.45) is 5.73 Å². The van der Waals surface area contributed by atoms with Crippen LogP contribution in [0.3, 0.4) is 0 Å². The zero-order valence-corrected chi connectivity index (χ0v) is 9.03. The molecule has 0 spiro atoms. The molecule has 17 heavy (non-hydrogen) atoms. The van der Waals surface area contributed by atoms with Crippen molar-refractivity contribution in [1.82, 2.24) is 0 Å². The summed E-state index contributed by atoms with van der Waals surface area (Å²) in [5, 5.41) is 11.3. The van der Waals surface area contributed by atoms with Crippen molar-refractivity contribution in [1.29, 1.82) is 0 Å².